The second-order valence-electron chi connectivity index (χ2n) is 4.62. The molecule has 92 valence electrons. The number of hydrogen-bond acceptors (Lipinski definition) is 2. The summed E-state index contributed by atoms with van der Waals surface area (Å²) in [5, 5.41) is 0. The number of hydrogen-bond donors (Lipinski definition) is 0. The Morgan fingerprint density at radius 3 is 2.76 bits per heavy atom. The number of ether oxygens (including phenoxy) is 1. The van der Waals surface area contributed by atoms with E-state index >= 15 is 0 Å². The molecule has 0 bridgehead atoms. The van der Waals surface area contributed by atoms with E-state index in [1.165, 1.54) is 32.1 Å². The van der Waals surface area contributed by atoms with Gasteiger partial charge in [-0.15, -0.1) is 0 Å². The van der Waals surface area contributed by atoms with E-state index in [0.717, 1.165) is 17.4 Å². The minimum Gasteiger partial charge on any atom is -0.493 e. The number of rotatable bonds is 4. The van der Waals surface area contributed by atoms with Crippen molar-refractivity contribution in [2.24, 2.45) is 5.92 Å². The highest BCUT2D eigenvalue weighted by molar-refractivity contribution is 9.10. The molecule has 2 rings (SSSR count). The first-order chi connectivity index (χ1) is 8.29. The minimum absolute atomic E-state index is 0.629. The summed E-state index contributed by atoms with van der Waals surface area (Å²) in [4.78, 5) is 10.9. The lowest BCUT2D eigenvalue weighted by Crippen LogP contribution is -2.15. The molecule has 0 heterocycles. The average molecular weight is 297 g/mol. The summed E-state index contributed by atoms with van der Waals surface area (Å²) in [6, 6.07) is 5.51. The maximum absolute atomic E-state index is 10.9. The van der Waals surface area contributed by atoms with Crippen molar-refractivity contribution in [2.45, 2.75) is 32.1 Å². The monoisotopic (exact) mass is 296 g/mol. The van der Waals surface area contributed by atoms with Crippen LogP contribution >= 0.6 is 15.9 Å². The molecule has 0 amide bonds. The van der Waals surface area contributed by atoms with Gasteiger partial charge in [0.25, 0.3) is 0 Å². The second-order valence-corrected chi connectivity index (χ2v) is 5.53. The van der Waals surface area contributed by atoms with Gasteiger partial charge in [0.15, 0.2) is 6.29 Å². The fraction of sp³-hybridized carbons (Fsp3) is 0.500. The van der Waals surface area contributed by atoms with Crippen molar-refractivity contribution in [3.63, 3.8) is 0 Å². The molecule has 1 aromatic carbocycles. The van der Waals surface area contributed by atoms with Crippen molar-refractivity contribution >= 4 is 22.2 Å². The van der Waals surface area contributed by atoms with E-state index in [9.17, 15) is 4.79 Å². The quantitative estimate of drug-likeness (QED) is 0.778. The zero-order valence-electron chi connectivity index (χ0n) is 9.82. The van der Waals surface area contributed by atoms with Crippen molar-refractivity contribution in [1.29, 1.82) is 0 Å². The van der Waals surface area contributed by atoms with E-state index in [4.69, 9.17) is 4.74 Å². The summed E-state index contributed by atoms with van der Waals surface area (Å²) >= 11 is 3.40. The molecule has 0 aliphatic heterocycles. The van der Waals surface area contributed by atoms with Crippen LogP contribution in [0.25, 0.3) is 0 Å². The molecule has 1 aliphatic rings. The van der Waals surface area contributed by atoms with Gasteiger partial charge in [-0.05, 0) is 37.0 Å². The van der Waals surface area contributed by atoms with E-state index < -0.39 is 0 Å². The van der Waals surface area contributed by atoms with E-state index in [1.807, 2.05) is 12.1 Å². The van der Waals surface area contributed by atoms with Crippen molar-refractivity contribution in [2.75, 3.05) is 6.61 Å². The molecular weight excluding hydrogens is 280 g/mol. The maximum atomic E-state index is 10.9. The summed E-state index contributed by atoms with van der Waals surface area (Å²) in [6.45, 7) is 0.733. The fourth-order valence-corrected chi connectivity index (χ4v) is 2.63. The number of benzene rings is 1. The Hall–Kier alpha value is -0.830. The SMILES string of the molecule is O=Cc1ccc(Br)cc1OCC1CCCCC1. The summed E-state index contributed by atoms with van der Waals surface area (Å²) in [6.07, 6.45) is 7.34. The standard InChI is InChI=1S/C14H17BrO2/c15-13-7-6-12(9-16)14(8-13)17-10-11-4-2-1-3-5-11/h6-9,11H,1-5,10H2. The van der Waals surface area contributed by atoms with Crippen molar-refractivity contribution in [1.82, 2.24) is 0 Å². The van der Waals surface area contributed by atoms with Gasteiger partial charge in [0, 0.05) is 4.47 Å². The third kappa shape index (κ3) is 3.56. The third-order valence-corrected chi connectivity index (χ3v) is 3.80. The topological polar surface area (TPSA) is 26.3 Å². The molecule has 0 atom stereocenters. The number of aldehydes is 1. The summed E-state index contributed by atoms with van der Waals surface area (Å²) in [5.74, 6) is 1.35. The largest absolute Gasteiger partial charge is 0.493 e. The average Bonchev–Trinajstić information content (AvgIpc) is 2.38. The lowest BCUT2D eigenvalue weighted by Gasteiger charge is -2.22. The first-order valence-electron chi connectivity index (χ1n) is 6.17. The Kier molecular flexibility index (Phi) is 4.60. The molecule has 0 aromatic heterocycles. The lowest BCUT2D eigenvalue weighted by atomic mass is 9.90. The van der Waals surface area contributed by atoms with Gasteiger partial charge in [-0.1, -0.05) is 35.2 Å². The highest BCUT2D eigenvalue weighted by atomic mass is 79.9. The minimum atomic E-state index is 0.629. The van der Waals surface area contributed by atoms with Crippen molar-refractivity contribution in [3.05, 3.63) is 28.2 Å². The van der Waals surface area contributed by atoms with Gasteiger partial charge < -0.3 is 4.74 Å². The summed E-state index contributed by atoms with van der Waals surface area (Å²) in [7, 11) is 0. The zero-order chi connectivity index (χ0) is 12.1. The van der Waals surface area contributed by atoms with Gasteiger partial charge >= 0.3 is 0 Å². The Labute approximate surface area is 110 Å². The number of carbonyl (C=O) groups is 1. The smallest absolute Gasteiger partial charge is 0.153 e. The van der Waals surface area contributed by atoms with E-state index in [2.05, 4.69) is 15.9 Å². The first-order valence-corrected chi connectivity index (χ1v) is 6.96. The maximum Gasteiger partial charge on any atom is 0.153 e. The summed E-state index contributed by atoms with van der Waals surface area (Å²) < 4.78 is 6.73. The van der Waals surface area contributed by atoms with Gasteiger partial charge in [0.2, 0.25) is 0 Å². The molecule has 0 unspecified atom stereocenters. The van der Waals surface area contributed by atoms with Crippen LogP contribution in [0.1, 0.15) is 42.5 Å². The molecule has 1 fully saturated rings. The van der Waals surface area contributed by atoms with Crippen molar-refractivity contribution < 1.29 is 9.53 Å². The summed E-state index contributed by atoms with van der Waals surface area (Å²) in [5.41, 5.74) is 0.629. The molecule has 3 heteroatoms. The van der Waals surface area contributed by atoms with Crippen LogP contribution in [0.5, 0.6) is 5.75 Å². The molecule has 0 saturated heterocycles. The molecule has 2 nitrogen and oxygen atoms in total. The molecule has 1 aromatic rings. The van der Waals surface area contributed by atoms with Gasteiger partial charge in [0.05, 0.1) is 12.2 Å². The van der Waals surface area contributed by atoms with Crippen LogP contribution in [0.2, 0.25) is 0 Å². The van der Waals surface area contributed by atoms with E-state index in [-0.39, 0.29) is 0 Å². The van der Waals surface area contributed by atoms with E-state index in [0.29, 0.717) is 17.2 Å². The highest BCUT2D eigenvalue weighted by Gasteiger charge is 2.14. The lowest BCUT2D eigenvalue weighted by molar-refractivity contribution is 0.111. The first kappa shape index (κ1) is 12.6. The predicted molar refractivity (Wildman–Crippen MR) is 71.6 cm³/mol. The van der Waals surface area contributed by atoms with Gasteiger partial charge in [0.1, 0.15) is 5.75 Å². The normalized spacial score (nSPS) is 16.8. The number of halogens is 1. The van der Waals surface area contributed by atoms with Crippen LogP contribution in [0.15, 0.2) is 22.7 Å². The Bertz CT molecular complexity index is 384. The molecule has 1 saturated carbocycles. The Morgan fingerprint density at radius 2 is 2.06 bits per heavy atom. The van der Waals surface area contributed by atoms with Crippen LogP contribution < -0.4 is 4.74 Å². The molecule has 17 heavy (non-hydrogen) atoms. The molecular formula is C14H17BrO2. The Balaban J connectivity index is 1.97. The van der Waals surface area contributed by atoms with Crippen LogP contribution in [0, 0.1) is 5.92 Å². The Morgan fingerprint density at radius 1 is 1.29 bits per heavy atom. The number of carbonyl (C=O) groups excluding carboxylic acids is 1. The van der Waals surface area contributed by atoms with E-state index in [1.54, 1.807) is 6.07 Å². The van der Waals surface area contributed by atoms with Crippen molar-refractivity contribution in [3.8, 4) is 5.75 Å². The molecule has 0 N–H and O–H groups in total. The second kappa shape index (κ2) is 6.20. The van der Waals surface area contributed by atoms with Gasteiger partial charge in [-0.2, -0.15) is 0 Å². The van der Waals surface area contributed by atoms with Crippen LogP contribution in [0.4, 0.5) is 0 Å². The molecule has 1 aliphatic carbocycles. The van der Waals surface area contributed by atoms with Crippen LogP contribution in [0.3, 0.4) is 0 Å². The zero-order valence-corrected chi connectivity index (χ0v) is 11.4. The molecule has 0 radical (unpaired) electrons. The van der Waals surface area contributed by atoms with Gasteiger partial charge in [-0.25, -0.2) is 0 Å². The third-order valence-electron chi connectivity index (χ3n) is 3.30. The highest BCUT2D eigenvalue weighted by Crippen LogP contribution is 2.27. The molecule has 0 spiro atoms. The van der Waals surface area contributed by atoms with Crippen LogP contribution in [-0.4, -0.2) is 12.9 Å². The predicted octanol–water partition coefficient (Wildman–Crippen LogP) is 4.22. The van der Waals surface area contributed by atoms with Crippen LogP contribution in [-0.2, 0) is 0 Å². The fourth-order valence-electron chi connectivity index (χ4n) is 2.29. The van der Waals surface area contributed by atoms with Gasteiger partial charge in [-0.3, -0.25) is 4.79 Å².